The Labute approximate surface area is 101 Å². The van der Waals surface area contributed by atoms with Gasteiger partial charge in [-0.1, -0.05) is 15.9 Å². The monoisotopic (exact) mass is 297 g/mol. The number of nitrogens with zero attached hydrogens (tertiary/aromatic N) is 1. The molecule has 1 heterocycles. The molecule has 1 unspecified atom stereocenters. The smallest absolute Gasteiger partial charge is 0.153 e. The van der Waals surface area contributed by atoms with Gasteiger partial charge in [0.1, 0.15) is 0 Å². The third-order valence-electron chi connectivity index (χ3n) is 3.06. The van der Waals surface area contributed by atoms with Crippen LogP contribution in [-0.4, -0.2) is 48.8 Å². The highest BCUT2D eigenvalue weighted by Gasteiger charge is 2.25. The Morgan fingerprint density at radius 3 is 2.67 bits per heavy atom. The van der Waals surface area contributed by atoms with Crippen molar-refractivity contribution in [3.63, 3.8) is 0 Å². The molecule has 1 rings (SSSR count). The van der Waals surface area contributed by atoms with Crippen molar-refractivity contribution in [1.82, 2.24) is 4.90 Å². The average Bonchev–Trinajstić information content (AvgIpc) is 2.61. The van der Waals surface area contributed by atoms with Gasteiger partial charge in [0.25, 0.3) is 0 Å². The van der Waals surface area contributed by atoms with E-state index < -0.39 is 9.84 Å². The topological polar surface area (TPSA) is 37.4 Å². The Bertz CT molecular complexity index is 290. The summed E-state index contributed by atoms with van der Waals surface area (Å²) in [5.74, 6) is 0.300. The Hall–Kier alpha value is 0.390. The van der Waals surface area contributed by atoms with Crippen LogP contribution in [0.15, 0.2) is 0 Å². The molecule has 15 heavy (non-hydrogen) atoms. The van der Waals surface area contributed by atoms with Crippen molar-refractivity contribution in [2.75, 3.05) is 24.2 Å². The average molecular weight is 298 g/mol. The number of hydrogen-bond acceptors (Lipinski definition) is 3. The third kappa shape index (κ3) is 3.71. The molecule has 0 aromatic heterocycles. The van der Waals surface area contributed by atoms with Gasteiger partial charge in [-0.15, -0.1) is 0 Å². The standard InChI is InChI=1S/C10H20BrNO2S/c1-9(2)15(13,14)7-6-12-5-3-4-10(12)8-11/h9-10H,3-8H2,1-2H3. The van der Waals surface area contributed by atoms with Gasteiger partial charge < -0.3 is 0 Å². The van der Waals surface area contributed by atoms with E-state index in [1.165, 1.54) is 12.8 Å². The number of rotatable bonds is 5. The molecule has 1 atom stereocenters. The van der Waals surface area contributed by atoms with Gasteiger partial charge in [0, 0.05) is 17.9 Å². The van der Waals surface area contributed by atoms with Crippen molar-refractivity contribution in [2.24, 2.45) is 0 Å². The summed E-state index contributed by atoms with van der Waals surface area (Å²) in [5, 5.41) is 0.705. The van der Waals surface area contributed by atoms with Crippen molar-refractivity contribution in [3.05, 3.63) is 0 Å². The Kier molecular flexibility index (Phi) is 5.06. The Balaban J connectivity index is 2.43. The minimum atomic E-state index is -2.87. The van der Waals surface area contributed by atoms with Gasteiger partial charge in [0.2, 0.25) is 0 Å². The molecule has 90 valence electrons. The van der Waals surface area contributed by atoms with Gasteiger partial charge in [-0.2, -0.15) is 0 Å². The molecule has 1 aliphatic rings. The highest BCUT2D eigenvalue weighted by Crippen LogP contribution is 2.18. The summed E-state index contributed by atoms with van der Waals surface area (Å²) >= 11 is 3.47. The van der Waals surface area contributed by atoms with Crippen molar-refractivity contribution < 1.29 is 8.42 Å². The predicted molar refractivity (Wildman–Crippen MR) is 67.3 cm³/mol. The van der Waals surface area contributed by atoms with Crippen LogP contribution in [0.4, 0.5) is 0 Å². The van der Waals surface area contributed by atoms with Gasteiger partial charge in [0.15, 0.2) is 9.84 Å². The van der Waals surface area contributed by atoms with E-state index in [9.17, 15) is 8.42 Å². The van der Waals surface area contributed by atoms with E-state index in [1.54, 1.807) is 13.8 Å². The van der Waals surface area contributed by atoms with E-state index in [1.807, 2.05) is 0 Å². The van der Waals surface area contributed by atoms with E-state index in [0.717, 1.165) is 11.9 Å². The maximum absolute atomic E-state index is 11.6. The van der Waals surface area contributed by atoms with E-state index >= 15 is 0 Å². The highest BCUT2D eigenvalue weighted by molar-refractivity contribution is 9.09. The maximum atomic E-state index is 11.6. The van der Waals surface area contributed by atoms with Crippen LogP contribution in [0.3, 0.4) is 0 Å². The lowest BCUT2D eigenvalue weighted by Crippen LogP contribution is -2.36. The van der Waals surface area contributed by atoms with Crippen molar-refractivity contribution >= 4 is 25.8 Å². The summed E-state index contributed by atoms with van der Waals surface area (Å²) in [7, 11) is -2.87. The summed E-state index contributed by atoms with van der Waals surface area (Å²) < 4.78 is 23.3. The van der Waals surface area contributed by atoms with E-state index in [2.05, 4.69) is 20.8 Å². The fourth-order valence-electron chi connectivity index (χ4n) is 1.84. The van der Waals surface area contributed by atoms with Crippen LogP contribution in [0.25, 0.3) is 0 Å². The molecular formula is C10H20BrNO2S. The molecule has 1 aliphatic heterocycles. The van der Waals surface area contributed by atoms with Gasteiger partial charge in [-0.3, -0.25) is 4.90 Å². The fourth-order valence-corrected chi connectivity index (χ4v) is 3.54. The first-order valence-corrected chi connectivity index (χ1v) is 8.32. The van der Waals surface area contributed by atoms with Crippen LogP contribution in [0, 0.1) is 0 Å². The van der Waals surface area contributed by atoms with Crippen LogP contribution in [0.1, 0.15) is 26.7 Å². The predicted octanol–water partition coefficient (Wildman–Crippen LogP) is 1.67. The molecule has 3 nitrogen and oxygen atoms in total. The quantitative estimate of drug-likeness (QED) is 0.725. The lowest BCUT2D eigenvalue weighted by Gasteiger charge is -2.22. The summed E-state index contributed by atoms with van der Waals surface area (Å²) in [6.07, 6.45) is 2.38. The van der Waals surface area contributed by atoms with Gasteiger partial charge in [-0.05, 0) is 33.2 Å². The summed E-state index contributed by atoms with van der Waals surface area (Å²) in [6, 6.07) is 0.535. The first-order valence-electron chi connectivity index (χ1n) is 5.49. The number of likely N-dealkylation sites (tertiary alicyclic amines) is 1. The number of halogens is 1. The summed E-state index contributed by atoms with van der Waals surface area (Å²) in [5.41, 5.74) is 0. The zero-order chi connectivity index (χ0) is 11.5. The second-order valence-electron chi connectivity index (χ2n) is 4.40. The first-order chi connectivity index (χ1) is 6.97. The zero-order valence-corrected chi connectivity index (χ0v) is 11.8. The second-order valence-corrected chi connectivity index (χ2v) is 7.73. The lowest BCUT2D eigenvalue weighted by atomic mass is 10.2. The molecule has 0 spiro atoms. The SMILES string of the molecule is CC(C)S(=O)(=O)CCN1CCCC1CBr. The van der Waals surface area contributed by atoms with Gasteiger partial charge in [-0.25, -0.2) is 8.42 Å². The van der Waals surface area contributed by atoms with Crippen LogP contribution in [0.2, 0.25) is 0 Å². The minimum absolute atomic E-state index is 0.248. The molecule has 0 bridgehead atoms. The molecule has 0 aromatic rings. The van der Waals surface area contributed by atoms with Crippen molar-refractivity contribution in [2.45, 2.75) is 38.0 Å². The van der Waals surface area contributed by atoms with Crippen LogP contribution >= 0.6 is 15.9 Å². The molecule has 1 fully saturated rings. The molecule has 5 heteroatoms. The van der Waals surface area contributed by atoms with Crippen molar-refractivity contribution in [3.8, 4) is 0 Å². The van der Waals surface area contributed by atoms with Crippen molar-refractivity contribution in [1.29, 1.82) is 0 Å². The van der Waals surface area contributed by atoms with E-state index in [0.29, 0.717) is 18.3 Å². The largest absolute Gasteiger partial charge is 0.299 e. The zero-order valence-electron chi connectivity index (χ0n) is 9.45. The molecular weight excluding hydrogens is 278 g/mol. The van der Waals surface area contributed by atoms with E-state index in [4.69, 9.17) is 0 Å². The maximum Gasteiger partial charge on any atom is 0.153 e. The minimum Gasteiger partial charge on any atom is -0.299 e. The molecule has 0 radical (unpaired) electrons. The molecule has 0 aromatic carbocycles. The van der Waals surface area contributed by atoms with Gasteiger partial charge in [0.05, 0.1) is 11.0 Å². The fraction of sp³-hybridized carbons (Fsp3) is 1.00. The van der Waals surface area contributed by atoms with Crippen LogP contribution in [0.5, 0.6) is 0 Å². The normalized spacial score (nSPS) is 23.9. The van der Waals surface area contributed by atoms with Gasteiger partial charge >= 0.3 is 0 Å². The molecule has 0 aliphatic carbocycles. The Morgan fingerprint density at radius 1 is 1.47 bits per heavy atom. The molecule has 0 N–H and O–H groups in total. The molecule has 0 amide bonds. The van der Waals surface area contributed by atoms with E-state index in [-0.39, 0.29) is 5.25 Å². The summed E-state index contributed by atoms with van der Waals surface area (Å²) in [4.78, 5) is 2.29. The summed E-state index contributed by atoms with van der Waals surface area (Å²) in [6.45, 7) is 5.24. The number of alkyl halides is 1. The first kappa shape index (κ1) is 13.5. The van der Waals surface area contributed by atoms with Crippen LogP contribution < -0.4 is 0 Å². The molecule has 1 saturated heterocycles. The number of sulfone groups is 1. The lowest BCUT2D eigenvalue weighted by molar-refractivity contribution is 0.289. The second kappa shape index (κ2) is 5.64. The number of hydrogen-bond donors (Lipinski definition) is 0. The Morgan fingerprint density at radius 2 is 2.13 bits per heavy atom. The molecule has 0 saturated carbocycles. The highest BCUT2D eigenvalue weighted by atomic mass is 79.9. The third-order valence-corrected chi connectivity index (χ3v) is 5.99. The van der Waals surface area contributed by atoms with Crippen LogP contribution in [-0.2, 0) is 9.84 Å².